The highest BCUT2D eigenvalue weighted by atomic mass is 16.5. The molecule has 5 nitrogen and oxygen atoms in total. The van der Waals surface area contributed by atoms with Crippen LogP contribution in [0.15, 0.2) is 18.2 Å². The van der Waals surface area contributed by atoms with E-state index in [-0.39, 0.29) is 6.23 Å². The number of hydrogen-bond donors (Lipinski definition) is 1. The molecule has 0 aliphatic carbocycles. The SMILES string of the molecule is Nc1ccc2c(c1)nnn2C1CCCCO1. The standard InChI is InChI=1S/C11H14N4O/c12-8-4-5-10-9(7-8)13-14-15(10)11-3-1-2-6-16-11/h4-5,7,11H,1-3,6,12H2. The number of ether oxygens (including phenoxy) is 1. The Balaban J connectivity index is 2.03. The van der Waals surface area contributed by atoms with Crippen molar-refractivity contribution in [3.05, 3.63) is 18.2 Å². The van der Waals surface area contributed by atoms with Crippen molar-refractivity contribution in [3.63, 3.8) is 0 Å². The molecule has 1 aliphatic rings. The molecule has 1 saturated heterocycles. The lowest BCUT2D eigenvalue weighted by Gasteiger charge is -2.22. The molecule has 0 saturated carbocycles. The number of rotatable bonds is 1. The van der Waals surface area contributed by atoms with Crippen LogP contribution in [0.1, 0.15) is 25.5 Å². The molecule has 16 heavy (non-hydrogen) atoms. The molecular formula is C11H14N4O. The summed E-state index contributed by atoms with van der Waals surface area (Å²) in [4.78, 5) is 0. The van der Waals surface area contributed by atoms with E-state index in [0.29, 0.717) is 5.69 Å². The highest BCUT2D eigenvalue weighted by molar-refractivity contribution is 5.78. The van der Waals surface area contributed by atoms with Crippen molar-refractivity contribution < 1.29 is 4.74 Å². The second-order valence-corrected chi connectivity index (χ2v) is 4.10. The number of nitrogens with two attached hydrogens (primary N) is 1. The molecule has 0 bridgehead atoms. The van der Waals surface area contributed by atoms with Gasteiger partial charge in [0.25, 0.3) is 0 Å². The van der Waals surface area contributed by atoms with Gasteiger partial charge in [-0.05, 0) is 37.5 Å². The molecule has 1 atom stereocenters. The largest absolute Gasteiger partial charge is 0.399 e. The van der Waals surface area contributed by atoms with Crippen LogP contribution in [-0.4, -0.2) is 21.6 Å². The summed E-state index contributed by atoms with van der Waals surface area (Å²) in [6, 6.07) is 5.65. The molecule has 3 rings (SSSR count). The lowest BCUT2D eigenvalue weighted by Crippen LogP contribution is -2.19. The zero-order valence-electron chi connectivity index (χ0n) is 8.97. The van der Waals surface area contributed by atoms with Gasteiger partial charge in [-0.1, -0.05) is 5.21 Å². The molecule has 1 aliphatic heterocycles. The Labute approximate surface area is 93.2 Å². The van der Waals surface area contributed by atoms with E-state index in [1.807, 2.05) is 22.9 Å². The minimum Gasteiger partial charge on any atom is -0.399 e. The zero-order chi connectivity index (χ0) is 11.0. The predicted molar refractivity (Wildman–Crippen MR) is 60.8 cm³/mol. The van der Waals surface area contributed by atoms with Crippen molar-refractivity contribution in [1.29, 1.82) is 0 Å². The summed E-state index contributed by atoms with van der Waals surface area (Å²) in [7, 11) is 0. The fourth-order valence-corrected chi connectivity index (χ4v) is 2.09. The fraction of sp³-hybridized carbons (Fsp3) is 0.455. The second kappa shape index (κ2) is 3.75. The van der Waals surface area contributed by atoms with Crippen LogP contribution in [-0.2, 0) is 4.74 Å². The first kappa shape index (κ1) is 9.59. The van der Waals surface area contributed by atoms with Crippen LogP contribution in [0.2, 0.25) is 0 Å². The lowest BCUT2D eigenvalue weighted by atomic mass is 10.2. The van der Waals surface area contributed by atoms with Gasteiger partial charge in [0.1, 0.15) is 5.52 Å². The Bertz CT molecular complexity index is 502. The summed E-state index contributed by atoms with van der Waals surface area (Å²) in [6.45, 7) is 0.807. The van der Waals surface area contributed by atoms with E-state index in [9.17, 15) is 0 Å². The summed E-state index contributed by atoms with van der Waals surface area (Å²) in [5.74, 6) is 0. The van der Waals surface area contributed by atoms with Gasteiger partial charge in [0.15, 0.2) is 6.23 Å². The Morgan fingerprint density at radius 1 is 1.38 bits per heavy atom. The van der Waals surface area contributed by atoms with Gasteiger partial charge in [-0.25, -0.2) is 4.68 Å². The number of aromatic nitrogens is 3. The highest BCUT2D eigenvalue weighted by Gasteiger charge is 2.18. The molecule has 84 valence electrons. The van der Waals surface area contributed by atoms with Gasteiger partial charge in [-0.3, -0.25) is 0 Å². The number of benzene rings is 1. The summed E-state index contributed by atoms with van der Waals surface area (Å²) in [5.41, 5.74) is 8.23. The lowest BCUT2D eigenvalue weighted by molar-refractivity contribution is -0.0377. The second-order valence-electron chi connectivity index (χ2n) is 4.10. The molecule has 1 unspecified atom stereocenters. The van der Waals surface area contributed by atoms with Crippen molar-refractivity contribution >= 4 is 16.7 Å². The van der Waals surface area contributed by atoms with E-state index >= 15 is 0 Å². The van der Waals surface area contributed by atoms with Crippen molar-refractivity contribution in [2.45, 2.75) is 25.5 Å². The van der Waals surface area contributed by atoms with Gasteiger partial charge in [-0.15, -0.1) is 5.10 Å². The third kappa shape index (κ3) is 1.53. The minimum absolute atomic E-state index is 0.0300. The average Bonchev–Trinajstić information content (AvgIpc) is 2.73. The van der Waals surface area contributed by atoms with Gasteiger partial charge < -0.3 is 10.5 Å². The summed E-state index contributed by atoms with van der Waals surface area (Å²) < 4.78 is 7.54. The summed E-state index contributed by atoms with van der Waals surface area (Å²) >= 11 is 0. The van der Waals surface area contributed by atoms with E-state index in [1.54, 1.807) is 0 Å². The van der Waals surface area contributed by atoms with Crippen LogP contribution in [0.5, 0.6) is 0 Å². The Morgan fingerprint density at radius 3 is 3.12 bits per heavy atom. The third-order valence-electron chi connectivity index (χ3n) is 2.92. The maximum absolute atomic E-state index is 5.70. The van der Waals surface area contributed by atoms with E-state index in [1.165, 1.54) is 6.42 Å². The van der Waals surface area contributed by atoms with Gasteiger partial charge in [-0.2, -0.15) is 0 Å². The zero-order valence-corrected chi connectivity index (χ0v) is 8.97. The molecule has 5 heteroatoms. The molecule has 2 aromatic rings. The fourth-order valence-electron chi connectivity index (χ4n) is 2.09. The van der Waals surface area contributed by atoms with Crippen LogP contribution in [0.3, 0.4) is 0 Å². The van der Waals surface area contributed by atoms with Gasteiger partial charge in [0.2, 0.25) is 0 Å². The third-order valence-corrected chi connectivity index (χ3v) is 2.92. The molecule has 1 aromatic heterocycles. The maximum atomic E-state index is 5.70. The summed E-state index contributed by atoms with van der Waals surface area (Å²) in [5, 5.41) is 8.25. The van der Waals surface area contributed by atoms with Crippen LogP contribution in [0, 0.1) is 0 Å². The van der Waals surface area contributed by atoms with E-state index in [4.69, 9.17) is 10.5 Å². The van der Waals surface area contributed by atoms with Crippen LogP contribution in [0.25, 0.3) is 11.0 Å². The maximum Gasteiger partial charge on any atom is 0.152 e. The monoisotopic (exact) mass is 218 g/mol. The first-order chi connectivity index (χ1) is 7.84. The van der Waals surface area contributed by atoms with Crippen molar-refractivity contribution in [2.75, 3.05) is 12.3 Å². The smallest absolute Gasteiger partial charge is 0.152 e. The molecule has 0 amide bonds. The molecule has 1 aromatic carbocycles. The number of anilines is 1. The molecule has 2 N–H and O–H groups in total. The van der Waals surface area contributed by atoms with Crippen LogP contribution >= 0.6 is 0 Å². The highest BCUT2D eigenvalue weighted by Crippen LogP contribution is 2.25. The van der Waals surface area contributed by atoms with E-state index in [0.717, 1.165) is 30.5 Å². The van der Waals surface area contributed by atoms with Gasteiger partial charge in [0, 0.05) is 12.3 Å². The molecule has 0 spiro atoms. The minimum atomic E-state index is 0.0300. The Kier molecular flexibility index (Phi) is 2.25. The van der Waals surface area contributed by atoms with Crippen molar-refractivity contribution in [3.8, 4) is 0 Å². The number of hydrogen-bond acceptors (Lipinski definition) is 4. The Morgan fingerprint density at radius 2 is 2.31 bits per heavy atom. The molecular weight excluding hydrogens is 204 g/mol. The van der Waals surface area contributed by atoms with E-state index in [2.05, 4.69) is 10.3 Å². The average molecular weight is 218 g/mol. The first-order valence-electron chi connectivity index (χ1n) is 5.56. The van der Waals surface area contributed by atoms with Crippen molar-refractivity contribution in [2.24, 2.45) is 0 Å². The molecule has 2 heterocycles. The van der Waals surface area contributed by atoms with Crippen LogP contribution in [0.4, 0.5) is 5.69 Å². The summed E-state index contributed by atoms with van der Waals surface area (Å²) in [6.07, 6.45) is 3.35. The van der Waals surface area contributed by atoms with E-state index < -0.39 is 0 Å². The quantitative estimate of drug-likeness (QED) is 0.740. The topological polar surface area (TPSA) is 66.0 Å². The molecule has 0 radical (unpaired) electrons. The number of fused-ring (bicyclic) bond motifs is 1. The number of nitrogen functional groups attached to an aromatic ring is 1. The first-order valence-corrected chi connectivity index (χ1v) is 5.56. The Hall–Kier alpha value is -1.62. The number of nitrogens with zero attached hydrogens (tertiary/aromatic N) is 3. The predicted octanol–water partition coefficient (Wildman–Crippen LogP) is 1.71. The van der Waals surface area contributed by atoms with Gasteiger partial charge in [0.05, 0.1) is 5.52 Å². The van der Waals surface area contributed by atoms with Gasteiger partial charge >= 0.3 is 0 Å². The molecule has 1 fully saturated rings. The van der Waals surface area contributed by atoms with Crippen molar-refractivity contribution in [1.82, 2.24) is 15.0 Å². The van der Waals surface area contributed by atoms with Crippen LogP contribution < -0.4 is 5.73 Å². The normalized spacial score (nSPS) is 21.4.